The minimum Gasteiger partial charge on any atom is -0.329 e. The largest absolute Gasteiger partial charge is 0.329 e. The summed E-state index contributed by atoms with van der Waals surface area (Å²) in [6, 6.07) is 2.19. The highest BCUT2D eigenvalue weighted by Crippen LogP contribution is 2.34. The summed E-state index contributed by atoms with van der Waals surface area (Å²) in [4.78, 5) is 2.45. The lowest BCUT2D eigenvalue weighted by molar-refractivity contribution is 0.120. The first-order chi connectivity index (χ1) is 8.61. The second-order valence-corrected chi connectivity index (χ2v) is 5.58. The third-order valence-electron chi connectivity index (χ3n) is 4.41. The molecule has 0 saturated heterocycles. The van der Waals surface area contributed by atoms with Gasteiger partial charge in [0.2, 0.25) is 0 Å². The van der Waals surface area contributed by atoms with Crippen molar-refractivity contribution in [3.63, 3.8) is 0 Å². The number of aryl methyl sites for hydroxylation is 2. The van der Waals surface area contributed by atoms with Crippen LogP contribution in [0.5, 0.6) is 0 Å². The molecule has 0 spiro atoms. The molecule has 1 saturated carbocycles. The molecule has 0 amide bonds. The van der Waals surface area contributed by atoms with Crippen LogP contribution >= 0.6 is 0 Å². The van der Waals surface area contributed by atoms with Crippen LogP contribution in [0.1, 0.15) is 44.0 Å². The summed E-state index contributed by atoms with van der Waals surface area (Å²) in [7, 11) is 2.21. The molecule has 0 unspecified atom stereocenters. The molecule has 1 aliphatic carbocycles. The van der Waals surface area contributed by atoms with Crippen LogP contribution in [0, 0.1) is 6.92 Å². The van der Waals surface area contributed by atoms with E-state index in [0.717, 1.165) is 25.3 Å². The fourth-order valence-electron chi connectivity index (χ4n) is 3.19. The third-order valence-corrected chi connectivity index (χ3v) is 4.41. The van der Waals surface area contributed by atoms with E-state index in [2.05, 4.69) is 41.6 Å². The van der Waals surface area contributed by atoms with Crippen molar-refractivity contribution in [1.29, 1.82) is 0 Å². The fraction of sp³-hybridized carbons (Fsp3) is 0.786. The second kappa shape index (κ2) is 5.41. The maximum Gasteiger partial charge on any atom is 0.0597 e. The van der Waals surface area contributed by atoms with Gasteiger partial charge < -0.3 is 5.73 Å². The molecule has 2 rings (SSSR count). The Morgan fingerprint density at radius 2 is 2.11 bits per heavy atom. The van der Waals surface area contributed by atoms with E-state index in [-0.39, 0.29) is 5.54 Å². The van der Waals surface area contributed by atoms with Gasteiger partial charge in [0.25, 0.3) is 0 Å². The van der Waals surface area contributed by atoms with Crippen LogP contribution < -0.4 is 5.73 Å². The summed E-state index contributed by atoms with van der Waals surface area (Å²) in [6.45, 7) is 6.86. The summed E-state index contributed by atoms with van der Waals surface area (Å²) >= 11 is 0. The zero-order valence-corrected chi connectivity index (χ0v) is 11.9. The van der Waals surface area contributed by atoms with Crippen LogP contribution in [-0.2, 0) is 13.1 Å². The molecular formula is C14H26N4. The molecule has 0 aliphatic heterocycles. The lowest BCUT2D eigenvalue weighted by atomic mass is 9.95. The van der Waals surface area contributed by atoms with E-state index in [1.807, 2.05) is 0 Å². The first-order valence-electron chi connectivity index (χ1n) is 7.06. The van der Waals surface area contributed by atoms with Crippen molar-refractivity contribution in [1.82, 2.24) is 14.7 Å². The van der Waals surface area contributed by atoms with E-state index in [4.69, 9.17) is 5.73 Å². The van der Waals surface area contributed by atoms with Crippen molar-refractivity contribution < 1.29 is 0 Å². The standard InChI is InChI=1S/C14H26N4/c1-4-18-13(9-12(2)16-18)10-17(3)14(11-15)7-5-6-8-14/h9H,4-8,10-11,15H2,1-3H3. The number of nitrogens with zero attached hydrogens (tertiary/aromatic N) is 3. The molecule has 4 heteroatoms. The van der Waals surface area contributed by atoms with Gasteiger partial charge in [-0.3, -0.25) is 9.58 Å². The highest BCUT2D eigenvalue weighted by Gasteiger charge is 2.36. The van der Waals surface area contributed by atoms with Crippen molar-refractivity contribution in [3.05, 3.63) is 17.5 Å². The van der Waals surface area contributed by atoms with Crippen LogP contribution in [0.25, 0.3) is 0 Å². The van der Waals surface area contributed by atoms with Gasteiger partial charge in [0, 0.05) is 25.2 Å². The number of rotatable bonds is 5. The molecule has 1 aromatic rings. The monoisotopic (exact) mass is 250 g/mol. The van der Waals surface area contributed by atoms with Crippen LogP contribution in [0.4, 0.5) is 0 Å². The van der Waals surface area contributed by atoms with E-state index in [1.165, 1.54) is 31.4 Å². The zero-order chi connectivity index (χ0) is 13.2. The van der Waals surface area contributed by atoms with Gasteiger partial charge in [0.05, 0.1) is 11.4 Å². The van der Waals surface area contributed by atoms with Gasteiger partial charge in [-0.1, -0.05) is 12.8 Å². The highest BCUT2D eigenvalue weighted by atomic mass is 15.3. The Kier molecular flexibility index (Phi) is 4.07. The van der Waals surface area contributed by atoms with Gasteiger partial charge in [-0.2, -0.15) is 5.10 Å². The number of hydrogen-bond donors (Lipinski definition) is 1. The van der Waals surface area contributed by atoms with Crippen LogP contribution in [0.3, 0.4) is 0 Å². The Balaban J connectivity index is 2.12. The van der Waals surface area contributed by atoms with Gasteiger partial charge in [0.1, 0.15) is 0 Å². The molecule has 1 heterocycles. The summed E-state index contributed by atoms with van der Waals surface area (Å²) in [5.41, 5.74) is 8.66. The Bertz CT molecular complexity index is 390. The first kappa shape index (κ1) is 13.6. The molecule has 0 radical (unpaired) electrons. The van der Waals surface area contributed by atoms with E-state index in [1.54, 1.807) is 0 Å². The van der Waals surface area contributed by atoms with Crippen molar-refractivity contribution in [2.24, 2.45) is 5.73 Å². The average Bonchev–Trinajstić information content (AvgIpc) is 2.96. The molecule has 1 fully saturated rings. The van der Waals surface area contributed by atoms with Crippen molar-refractivity contribution >= 4 is 0 Å². The Morgan fingerprint density at radius 1 is 1.44 bits per heavy atom. The predicted molar refractivity (Wildman–Crippen MR) is 74.4 cm³/mol. The van der Waals surface area contributed by atoms with Gasteiger partial charge in [-0.25, -0.2) is 0 Å². The van der Waals surface area contributed by atoms with Crippen LogP contribution in [0.15, 0.2) is 6.07 Å². The molecule has 4 nitrogen and oxygen atoms in total. The predicted octanol–water partition coefficient (Wildman–Crippen LogP) is 1.91. The van der Waals surface area contributed by atoms with Crippen molar-refractivity contribution in [2.75, 3.05) is 13.6 Å². The maximum atomic E-state index is 6.04. The van der Waals surface area contributed by atoms with Crippen LogP contribution in [0.2, 0.25) is 0 Å². The summed E-state index contributed by atoms with van der Waals surface area (Å²) in [6.07, 6.45) is 5.10. The quantitative estimate of drug-likeness (QED) is 0.868. The minimum absolute atomic E-state index is 0.219. The zero-order valence-electron chi connectivity index (χ0n) is 11.9. The molecule has 1 aromatic heterocycles. The van der Waals surface area contributed by atoms with E-state index in [0.29, 0.717) is 0 Å². The number of likely N-dealkylation sites (N-methyl/N-ethyl adjacent to an activating group) is 1. The van der Waals surface area contributed by atoms with Gasteiger partial charge in [-0.05, 0) is 39.8 Å². The highest BCUT2D eigenvalue weighted by molar-refractivity contribution is 5.10. The fourth-order valence-corrected chi connectivity index (χ4v) is 3.19. The molecule has 2 N–H and O–H groups in total. The molecule has 0 bridgehead atoms. The minimum atomic E-state index is 0.219. The normalized spacial score (nSPS) is 18.7. The van der Waals surface area contributed by atoms with Gasteiger partial charge >= 0.3 is 0 Å². The number of aromatic nitrogens is 2. The summed E-state index contributed by atoms with van der Waals surface area (Å²) < 4.78 is 2.10. The van der Waals surface area contributed by atoms with Gasteiger partial charge in [0.15, 0.2) is 0 Å². The summed E-state index contributed by atoms with van der Waals surface area (Å²) in [5.74, 6) is 0. The summed E-state index contributed by atoms with van der Waals surface area (Å²) in [5, 5.41) is 4.52. The van der Waals surface area contributed by atoms with Crippen LogP contribution in [-0.4, -0.2) is 33.8 Å². The lowest BCUT2D eigenvalue weighted by Gasteiger charge is -2.38. The van der Waals surface area contributed by atoms with Gasteiger partial charge in [-0.15, -0.1) is 0 Å². The van der Waals surface area contributed by atoms with Crippen molar-refractivity contribution in [2.45, 2.75) is 58.2 Å². The SMILES string of the molecule is CCn1nc(C)cc1CN(C)C1(CN)CCCC1. The van der Waals surface area contributed by atoms with E-state index < -0.39 is 0 Å². The molecule has 0 aromatic carbocycles. The molecular weight excluding hydrogens is 224 g/mol. The van der Waals surface area contributed by atoms with Crippen molar-refractivity contribution in [3.8, 4) is 0 Å². The smallest absolute Gasteiger partial charge is 0.0597 e. The topological polar surface area (TPSA) is 47.1 Å². The maximum absolute atomic E-state index is 6.04. The Labute approximate surface area is 110 Å². The Morgan fingerprint density at radius 3 is 2.67 bits per heavy atom. The average molecular weight is 250 g/mol. The van der Waals surface area contributed by atoms with E-state index >= 15 is 0 Å². The number of hydrogen-bond acceptors (Lipinski definition) is 3. The molecule has 102 valence electrons. The second-order valence-electron chi connectivity index (χ2n) is 5.58. The Hall–Kier alpha value is -0.870. The lowest BCUT2D eigenvalue weighted by Crippen LogP contribution is -2.49. The molecule has 1 aliphatic rings. The molecule has 18 heavy (non-hydrogen) atoms. The molecule has 0 atom stereocenters. The third kappa shape index (κ3) is 2.45. The number of nitrogens with two attached hydrogens (primary N) is 1. The van der Waals surface area contributed by atoms with E-state index in [9.17, 15) is 0 Å². The first-order valence-corrected chi connectivity index (χ1v) is 7.06.